The number of amides is 2. The van der Waals surface area contributed by atoms with Crippen molar-refractivity contribution in [3.63, 3.8) is 0 Å². The van der Waals surface area contributed by atoms with Gasteiger partial charge in [0.25, 0.3) is 5.91 Å². The van der Waals surface area contributed by atoms with Crippen LogP contribution < -0.4 is 5.32 Å². The van der Waals surface area contributed by atoms with Crippen LogP contribution in [0.3, 0.4) is 0 Å². The number of ether oxygens (including phenoxy) is 2. The number of halogens is 1. The summed E-state index contributed by atoms with van der Waals surface area (Å²) in [4.78, 5) is 35.3. The fourth-order valence-corrected chi connectivity index (χ4v) is 2.82. The number of hydrogen-bond acceptors (Lipinski definition) is 6. The summed E-state index contributed by atoms with van der Waals surface area (Å²) in [5.41, 5.74) is 0.406. The van der Waals surface area contributed by atoms with Crippen molar-refractivity contribution in [1.29, 1.82) is 0 Å². The number of carboxylic acid groups (broad SMARTS) is 1. The largest absolute Gasteiger partial charge is 0.508 e. The first-order chi connectivity index (χ1) is 13.8. The third kappa shape index (κ3) is 6.44. The van der Waals surface area contributed by atoms with Gasteiger partial charge in [0.05, 0.1) is 0 Å². The highest BCUT2D eigenvalue weighted by atomic mass is 79.9. The second-order valence-electron chi connectivity index (χ2n) is 5.75. The van der Waals surface area contributed by atoms with Gasteiger partial charge in [-0.25, -0.2) is 9.59 Å². The Kier molecular flexibility index (Phi) is 7.93. The molecule has 2 amide bonds. The van der Waals surface area contributed by atoms with Crippen LogP contribution in [0.5, 0.6) is 5.75 Å². The van der Waals surface area contributed by atoms with Crippen LogP contribution in [-0.4, -0.2) is 41.4 Å². The maximum atomic E-state index is 12.3. The zero-order valence-electron chi connectivity index (χ0n) is 15.2. The molecule has 29 heavy (non-hydrogen) atoms. The van der Waals surface area contributed by atoms with Crippen molar-refractivity contribution in [2.45, 2.75) is 12.2 Å². The Balaban J connectivity index is 2.29. The quantitative estimate of drug-likeness (QED) is 0.537. The van der Waals surface area contributed by atoms with Crippen molar-refractivity contribution >= 4 is 33.9 Å². The molecular formula is C20H18BrNO7. The standard InChI is InChI=1S/C20H18BrNO7/c1-28-16(9-10-17(24)25)18(14-11-13(21)7-8-15(14)23)29-20(27)22-19(26)12-5-3-2-4-6-12/h2-11,16,18,23H,1H3,(H,24,25)(H,22,26,27)/b10-9+/t16-,18-/m1/s1. The van der Waals surface area contributed by atoms with Crippen LogP contribution >= 0.6 is 15.9 Å². The van der Waals surface area contributed by atoms with Gasteiger partial charge in [-0.3, -0.25) is 10.1 Å². The Morgan fingerprint density at radius 1 is 1.14 bits per heavy atom. The highest BCUT2D eigenvalue weighted by Gasteiger charge is 2.29. The molecule has 0 heterocycles. The normalized spacial score (nSPS) is 12.9. The maximum absolute atomic E-state index is 12.3. The maximum Gasteiger partial charge on any atom is 0.414 e. The number of carboxylic acids is 1. The second kappa shape index (κ2) is 10.4. The van der Waals surface area contributed by atoms with Crippen LogP contribution in [0.2, 0.25) is 0 Å². The number of phenolic OH excluding ortho intramolecular Hbond substituents is 1. The number of nitrogens with one attached hydrogen (secondary N) is 1. The lowest BCUT2D eigenvalue weighted by atomic mass is 10.0. The summed E-state index contributed by atoms with van der Waals surface area (Å²) in [6.45, 7) is 0. The Labute approximate surface area is 174 Å². The summed E-state index contributed by atoms with van der Waals surface area (Å²) in [6.07, 6.45) is -1.39. The monoisotopic (exact) mass is 463 g/mol. The zero-order valence-corrected chi connectivity index (χ0v) is 16.8. The molecule has 0 bridgehead atoms. The van der Waals surface area contributed by atoms with Gasteiger partial charge in [-0.15, -0.1) is 0 Å². The molecule has 152 valence electrons. The molecule has 0 spiro atoms. The molecule has 0 fully saturated rings. The Morgan fingerprint density at radius 3 is 2.45 bits per heavy atom. The summed E-state index contributed by atoms with van der Waals surface area (Å²) in [5.74, 6) is -2.11. The average Bonchev–Trinajstić information content (AvgIpc) is 2.69. The van der Waals surface area contributed by atoms with Crippen molar-refractivity contribution in [3.8, 4) is 5.75 Å². The first kappa shape index (κ1) is 22.1. The number of imide groups is 1. The van der Waals surface area contributed by atoms with Gasteiger partial charge >= 0.3 is 12.1 Å². The molecule has 2 atom stereocenters. The third-order valence-electron chi connectivity index (χ3n) is 3.78. The second-order valence-corrected chi connectivity index (χ2v) is 6.66. The lowest BCUT2D eigenvalue weighted by Gasteiger charge is -2.25. The van der Waals surface area contributed by atoms with E-state index in [1.807, 2.05) is 0 Å². The van der Waals surface area contributed by atoms with E-state index in [2.05, 4.69) is 21.2 Å². The molecule has 2 aromatic carbocycles. The lowest BCUT2D eigenvalue weighted by Crippen LogP contribution is -2.34. The molecule has 2 aromatic rings. The van der Waals surface area contributed by atoms with E-state index in [9.17, 15) is 19.5 Å². The van der Waals surface area contributed by atoms with Gasteiger partial charge in [-0.05, 0) is 36.4 Å². The molecule has 0 unspecified atom stereocenters. The molecular weight excluding hydrogens is 446 g/mol. The predicted molar refractivity (Wildman–Crippen MR) is 107 cm³/mol. The number of alkyl carbamates (subject to hydrolysis) is 1. The number of carbonyl (C=O) groups is 3. The Morgan fingerprint density at radius 2 is 1.83 bits per heavy atom. The number of benzene rings is 2. The third-order valence-corrected chi connectivity index (χ3v) is 4.27. The topological polar surface area (TPSA) is 122 Å². The fourth-order valence-electron chi connectivity index (χ4n) is 2.44. The summed E-state index contributed by atoms with van der Waals surface area (Å²) in [5, 5.41) is 21.2. The van der Waals surface area contributed by atoms with E-state index in [0.717, 1.165) is 6.08 Å². The number of phenols is 1. The number of methoxy groups -OCH3 is 1. The van der Waals surface area contributed by atoms with Crippen molar-refractivity contribution in [2.75, 3.05) is 7.11 Å². The van der Waals surface area contributed by atoms with E-state index in [0.29, 0.717) is 4.47 Å². The molecule has 8 nitrogen and oxygen atoms in total. The first-order valence-corrected chi connectivity index (χ1v) is 9.10. The molecule has 0 aliphatic heterocycles. The zero-order chi connectivity index (χ0) is 21.4. The van der Waals surface area contributed by atoms with Crippen LogP contribution in [0.4, 0.5) is 4.79 Å². The minimum atomic E-state index is -1.24. The smallest absolute Gasteiger partial charge is 0.414 e. The number of aliphatic carboxylic acids is 1. The molecule has 0 aliphatic carbocycles. The van der Waals surface area contributed by atoms with E-state index in [1.165, 1.54) is 37.5 Å². The number of carbonyl (C=O) groups excluding carboxylic acids is 2. The molecule has 9 heteroatoms. The predicted octanol–water partition coefficient (Wildman–Crippen LogP) is 3.42. The van der Waals surface area contributed by atoms with Crippen LogP contribution in [0, 0.1) is 0 Å². The lowest BCUT2D eigenvalue weighted by molar-refractivity contribution is -0.131. The van der Waals surface area contributed by atoms with E-state index < -0.39 is 30.2 Å². The Bertz CT molecular complexity index is 914. The molecule has 0 aliphatic rings. The summed E-state index contributed by atoms with van der Waals surface area (Å²) in [7, 11) is 1.29. The minimum Gasteiger partial charge on any atom is -0.508 e. The highest BCUT2D eigenvalue weighted by Crippen LogP contribution is 2.33. The van der Waals surface area contributed by atoms with Crippen molar-refractivity contribution in [1.82, 2.24) is 5.32 Å². The fraction of sp³-hybridized carbons (Fsp3) is 0.150. The van der Waals surface area contributed by atoms with Crippen LogP contribution in [0.25, 0.3) is 0 Å². The van der Waals surface area contributed by atoms with Gasteiger partial charge in [0, 0.05) is 28.8 Å². The van der Waals surface area contributed by atoms with Crippen LogP contribution in [-0.2, 0) is 14.3 Å². The van der Waals surface area contributed by atoms with E-state index in [-0.39, 0.29) is 16.9 Å². The number of aromatic hydroxyl groups is 1. The van der Waals surface area contributed by atoms with Gasteiger partial charge in [0.15, 0.2) is 6.10 Å². The van der Waals surface area contributed by atoms with Gasteiger partial charge in [-0.2, -0.15) is 0 Å². The minimum absolute atomic E-state index is 0.156. The van der Waals surface area contributed by atoms with Crippen molar-refractivity contribution in [2.24, 2.45) is 0 Å². The average molecular weight is 464 g/mol. The van der Waals surface area contributed by atoms with Gasteiger partial charge in [0.2, 0.25) is 0 Å². The van der Waals surface area contributed by atoms with E-state index in [4.69, 9.17) is 14.6 Å². The molecule has 0 radical (unpaired) electrons. The van der Waals surface area contributed by atoms with Crippen molar-refractivity contribution in [3.05, 3.63) is 76.3 Å². The van der Waals surface area contributed by atoms with Gasteiger partial charge in [-0.1, -0.05) is 34.1 Å². The highest BCUT2D eigenvalue weighted by molar-refractivity contribution is 9.10. The van der Waals surface area contributed by atoms with Gasteiger partial charge < -0.3 is 19.7 Å². The van der Waals surface area contributed by atoms with Crippen LogP contribution in [0.1, 0.15) is 22.0 Å². The molecule has 0 aromatic heterocycles. The molecule has 2 rings (SSSR count). The first-order valence-electron chi connectivity index (χ1n) is 8.31. The SMILES string of the molecule is CO[C@H](/C=C/C(=O)O)[C@H](OC(=O)NC(=O)c1ccccc1)c1cc(Br)ccc1O. The molecule has 0 saturated carbocycles. The molecule has 3 N–H and O–H groups in total. The number of rotatable bonds is 7. The summed E-state index contributed by atoms with van der Waals surface area (Å²) < 4.78 is 11.1. The molecule has 0 saturated heterocycles. The van der Waals surface area contributed by atoms with Gasteiger partial charge in [0.1, 0.15) is 11.9 Å². The Hall–Kier alpha value is -3.17. The van der Waals surface area contributed by atoms with E-state index >= 15 is 0 Å². The summed E-state index contributed by atoms with van der Waals surface area (Å²) >= 11 is 3.26. The van der Waals surface area contributed by atoms with Crippen LogP contribution in [0.15, 0.2) is 65.2 Å². The summed E-state index contributed by atoms with van der Waals surface area (Å²) in [6, 6.07) is 12.5. The number of hydrogen-bond donors (Lipinski definition) is 3. The van der Waals surface area contributed by atoms with Crippen molar-refractivity contribution < 1.29 is 34.1 Å². The van der Waals surface area contributed by atoms with E-state index in [1.54, 1.807) is 24.3 Å².